The highest BCUT2D eigenvalue weighted by Crippen LogP contribution is 2.23. The smallest absolute Gasteiger partial charge is 0.350 e. The van der Waals surface area contributed by atoms with E-state index in [4.69, 9.17) is 0 Å². The fourth-order valence-corrected chi connectivity index (χ4v) is 2.78. The quantitative estimate of drug-likeness (QED) is 0.882. The average molecular weight is 304 g/mol. The highest BCUT2D eigenvalue weighted by molar-refractivity contribution is 7.17. The predicted octanol–water partition coefficient (Wildman–Crippen LogP) is 2.73. The van der Waals surface area contributed by atoms with Crippen molar-refractivity contribution < 1.29 is 14.3 Å². The number of nitrogens with one attached hydrogen (secondary N) is 1. The van der Waals surface area contributed by atoms with E-state index in [9.17, 15) is 9.59 Å². The first-order valence-electron chi connectivity index (χ1n) is 6.41. The van der Waals surface area contributed by atoms with Crippen LogP contribution in [0.1, 0.15) is 26.5 Å². The molecule has 0 radical (unpaired) electrons. The summed E-state index contributed by atoms with van der Waals surface area (Å²) in [6.45, 7) is 3.67. The molecule has 2 rings (SSSR count). The second-order valence-electron chi connectivity index (χ2n) is 4.58. The molecule has 0 fully saturated rings. The number of rotatable bonds is 4. The van der Waals surface area contributed by atoms with Crippen LogP contribution < -0.4 is 5.32 Å². The van der Waals surface area contributed by atoms with Crippen LogP contribution in [0.15, 0.2) is 24.3 Å². The van der Waals surface area contributed by atoms with Gasteiger partial charge in [-0.3, -0.25) is 4.79 Å². The number of benzene rings is 1. The zero-order chi connectivity index (χ0) is 15.4. The van der Waals surface area contributed by atoms with Crippen molar-refractivity contribution in [1.82, 2.24) is 4.98 Å². The van der Waals surface area contributed by atoms with E-state index in [1.54, 1.807) is 6.92 Å². The van der Waals surface area contributed by atoms with E-state index in [1.807, 2.05) is 31.2 Å². The number of hydrogen-bond acceptors (Lipinski definition) is 5. The fourth-order valence-electron chi connectivity index (χ4n) is 1.88. The van der Waals surface area contributed by atoms with E-state index < -0.39 is 5.97 Å². The fraction of sp³-hybridized carbons (Fsp3) is 0.267. The van der Waals surface area contributed by atoms with Gasteiger partial charge in [0.15, 0.2) is 5.13 Å². The Hall–Kier alpha value is -2.21. The van der Waals surface area contributed by atoms with E-state index >= 15 is 0 Å². The van der Waals surface area contributed by atoms with Crippen LogP contribution in [0.25, 0.3) is 0 Å². The van der Waals surface area contributed by atoms with E-state index in [-0.39, 0.29) is 12.3 Å². The first kappa shape index (κ1) is 15.2. The van der Waals surface area contributed by atoms with Crippen molar-refractivity contribution in [2.45, 2.75) is 20.3 Å². The lowest BCUT2D eigenvalue weighted by atomic mass is 10.1. The van der Waals surface area contributed by atoms with Gasteiger partial charge in [0.05, 0.1) is 19.2 Å². The third-order valence-corrected chi connectivity index (χ3v) is 4.08. The summed E-state index contributed by atoms with van der Waals surface area (Å²) < 4.78 is 4.67. The highest BCUT2D eigenvalue weighted by Gasteiger charge is 2.17. The third kappa shape index (κ3) is 3.66. The van der Waals surface area contributed by atoms with Gasteiger partial charge in [-0.15, -0.1) is 0 Å². The molecule has 1 heterocycles. The molecular formula is C15H16N2O3S. The number of methoxy groups -OCH3 is 1. The molecule has 1 amide bonds. The monoisotopic (exact) mass is 304 g/mol. The summed E-state index contributed by atoms with van der Waals surface area (Å²) in [5.41, 5.74) is 2.59. The van der Waals surface area contributed by atoms with Crippen LogP contribution in [0.3, 0.4) is 0 Å². The number of carbonyl (C=O) groups excluding carboxylic acids is 2. The number of nitrogens with zero attached hydrogens (tertiary/aromatic N) is 1. The van der Waals surface area contributed by atoms with Gasteiger partial charge in [0.25, 0.3) is 0 Å². The summed E-state index contributed by atoms with van der Waals surface area (Å²) in [4.78, 5) is 28.1. The van der Waals surface area contributed by atoms with Gasteiger partial charge in [-0.2, -0.15) is 0 Å². The third-order valence-electron chi connectivity index (χ3n) is 3.03. The van der Waals surface area contributed by atoms with Crippen molar-refractivity contribution in [3.05, 3.63) is 46.0 Å². The molecule has 1 aromatic heterocycles. The minimum absolute atomic E-state index is 0.158. The summed E-state index contributed by atoms with van der Waals surface area (Å²) in [5.74, 6) is -0.598. The molecule has 1 aromatic carbocycles. The first-order chi connectivity index (χ1) is 10.0. The maximum atomic E-state index is 12.0. The Morgan fingerprint density at radius 1 is 1.29 bits per heavy atom. The molecule has 0 spiro atoms. The van der Waals surface area contributed by atoms with Gasteiger partial charge >= 0.3 is 5.97 Å². The molecule has 0 atom stereocenters. The Labute approximate surface area is 127 Å². The lowest BCUT2D eigenvalue weighted by Gasteiger charge is -2.04. The Bertz CT molecular complexity index is 679. The molecule has 6 heteroatoms. The van der Waals surface area contributed by atoms with E-state index in [0.29, 0.717) is 15.7 Å². The zero-order valence-corrected chi connectivity index (χ0v) is 12.9. The molecule has 0 aliphatic carbocycles. The van der Waals surface area contributed by atoms with Crippen molar-refractivity contribution in [3.63, 3.8) is 0 Å². The van der Waals surface area contributed by atoms with Gasteiger partial charge in [0.1, 0.15) is 4.88 Å². The Kier molecular flexibility index (Phi) is 4.70. The van der Waals surface area contributed by atoms with Gasteiger partial charge in [-0.05, 0) is 25.0 Å². The second kappa shape index (κ2) is 6.49. The standard InChI is InChI=1S/C15H16N2O3S/c1-9-6-4-5-7-11(9)8-12(18)17-15-16-10(2)13(21-15)14(19)20-3/h4-7H,8H2,1-3H3,(H,16,17,18). The number of ether oxygens (including phenoxy) is 1. The lowest BCUT2D eigenvalue weighted by molar-refractivity contribution is -0.115. The largest absolute Gasteiger partial charge is 0.465 e. The number of aryl methyl sites for hydroxylation is 2. The first-order valence-corrected chi connectivity index (χ1v) is 7.23. The number of amides is 1. The summed E-state index contributed by atoms with van der Waals surface area (Å²) in [6.07, 6.45) is 0.277. The van der Waals surface area contributed by atoms with Gasteiger partial charge in [-0.1, -0.05) is 35.6 Å². The molecule has 110 valence electrons. The minimum Gasteiger partial charge on any atom is -0.465 e. The van der Waals surface area contributed by atoms with Crippen LogP contribution >= 0.6 is 11.3 Å². The van der Waals surface area contributed by atoms with Crippen molar-refractivity contribution in [2.24, 2.45) is 0 Å². The molecule has 0 bridgehead atoms. The molecule has 0 aliphatic heterocycles. The molecular weight excluding hydrogens is 288 g/mol. The SMILES string of the molecule is COC(=O)c1sc(NC(=O)Cc2ccccc2C)nc1C. The molecule has 2 aromatic rings. The van der Waals surface area contributed by atoms with Crippen molar-refractivity contribution >= 4 is 28.3 Å². The Balaban J connectivity index is 2.07. The molecule has 0 unspecified atom stereocenters. The maximum Gasteiger partial charge on any atom is 0.350 e. The van der Waals surface area contributed by atoms with Crippen LogP contribution in [0, 0.1) is 13.8 Å². The summed E-state index contributed by atoms with van der Waals surface area (Å²) >= 11 is 1.12. The molecule has 21 heavy (non-hydrogen) atoms. The number of anilines is 1. The normalized spacial score (nSPS) is 10.2. The molecule has 1 N–H and O–H groups in total. The molecule has 0 saturated heterocycles. The summed E-state index contributed by atoms with van der Waals surface area (Å²) in [7, 11) is 1.32. The Morgan fingerprint density at radius 3 is 2.67 bits per heavy atom. The van der Waals surface area contributed by atoms with Crippen LogP contribution in [0.4, 0.5) is 5.13 Å². The molecule has 0 aliphatic rings. The van der Waals surface area contributed by atoms with Gasteiger partial charge in [0.2, 0.25) is 5.91 Å². The lowest BCUT2D eigenvalue weighted by Crippen LogP contribution is -2.14. The van der Waals surface area contributed by atoms with Gasteiger partial charge in [0, 0.05) is 0 Å². The average Bonchev–Trinajstić information content (AvgIpc) is 2.81. The van der Waals surface area contributed by atoms with E-state index in [0.717, 1.165) is 22.5 Å². The number of thiazole rings is 1. The van der Waals surface area contributed by atoms with Gasteiger partial charge in [-0.25, -0.2) is 9.78 Å². The van der Waals surface area contributed by atoms with Crippen LogP contribution in [-0.4, -0.2) is 24.0 Å². The maximum absolute atomic E-state index is 12.0. The number of aromatic nitrogens is 1. The Morgan fingerprint density at radius 2 is 2.00 bits per heavy atom. The van der Waals surface area contributed by atoms with Crippen molar-refractivity contribution in [2.75, 3.05) is 12.4 Å². The predicted molar refractivity (Wildman–Crippen MR) is 81.7 cm³/mol. The van der Waals surface area contributed by atoms with E-state index in [2.05, 4.69) is 15.0 Å². The summed E-state index contributed by atoms with van der Waals surface area (Å²) in [5, 5.41) is 3.13. The topological polar surface area (TPSA) is 68.3 Å². The molecule has 0 saturated carbocycles. The van der Waals surface area contributed by atoms with E-state index in [1.165, 1.54) is 7.11 Å². The highest BCUT2D eigenvalue weighted by atomic mass is 32.1. The van der Waals surface area contributed by atoms with Crippen molar-refractivity contribution in [1.29, 1.82) is 0 Å². The number of carbonyl (C=O) groups is 2. The zero-order valence-electron chi connectivity index (χ0n) is 12.1. The van der Waals surface area contributed by atoms with Crippen LogP contribution in [0.5, 0.6) is 0 Å². The van der Waals surface area contributed by atoms with Gasteiger partial charge < -0.3 is 10.1 Å². The molecule has 5 nitrogen and oxygen atoms in total. The van der Waals surface area contributed by atoms with Crippen LogP contribution in [0.2, 0.25) is 0 Å². The minimum atomic E-state index is -0.440. The second-order valence-corrected chi connectivity index (χ2v) is 5.58. The number of esters is 1. The summed E-state index contributed by atoms with van der Waals surface area (Å²) in [6, 6.07) is 7.72. The van der Waals surface area contributed by atoms with Crippen molar-refractivity contribution in [3.8, 4) is 0 Å². The van der Waals surface area contributed by atoms with Crippen LogP contribution in [-0.2, 0) is 16.0 Å². The number of hydrogen-bond donors (Lipinski definition) is 1.